The summed E-state index contributed by atoms with van der Waals surface area (Å²) in [7, 11) is 1.69. The minimum Gasteiger partial charge on any atom is -0.291 e. The van der Waals surface area contributed by atoms with Crippen molar-refractivity contribution in [2.75, 3.05) is 0 Å². The first kappa shape index (κ1) is 18.0. The predicted octanol–water partition coefficient (Wildman–Crippen LogP) is 2.73. The number of fused-ring (bicyclic) bond motifs is 6. The Labute approximate surface area is 178 Å². The van der Waals surface area contributed by atoms with E-state index >= 15 is 0 Å². The van der Waals surface area contributed by atoms with Crippen LogP contribution in [0, 0.1) is 0 Å². The van der Waals surface area contributed by atoms with E-state index in [0.717, 1.165) is 35.0 Å². The first-order valence-corrected chi connectivity index (χ1v) is 11.6. The lowest BCUT2D eigenvalue weighted by Crippen LogP contribution is -2.23. The molecule has 30 heavy (non-hydrogen) atoms. The molecule has 5 aromatic rings. The smallest absolute Gasteiger partial charge is 0.272 e. The zero-order chi connectivity index (χ0) is 20.4. The summed E-state index contributed by atoms with van der Waals surface area (Å²) in [5.41, 5.74) is 1.84. The summed E-state index contributed by atoms with van der Waals surface area (Å²) in [5.74, 6) is 1.07. The van der Waals surface area contributed by atoms with Gasteiger partial charge in [-0.3, -0.25) is 23.1 Å². The van der Waals surface area contributed by atoms with E-state index in [1.54, 1.807) is 29.3 Å². The molecule has 0 unspecified atom stereocenters. The minimum atomic E-state index is -0.0901. The molecule has 0 amide bonds. The van der Waals surface area contributed by atoms with Gasteiger partial charge in [-0.2, -0.15) is 0 Å². The van der Waals surface area contributed by atoms with Gasteiger partial charge in [0, 0.05) is 11.9 Å². The molecule has 5 aromatic heterocycles. The summed E-state index contributed by atoms with van der Waals surface area (Å²) >= 11 is 3.05. The molecule has 0 spiro atoms. The third kappa shape index (κ3) is 2.46. The van der Waals surface area contributed by atoms with Crippen LogP contribution in [0.2, 0.25) is 0 Å². The highest BCUT2D eigenvalue weighted by atomic mass is 32.1. The van der Waals surface area contributed by atoms with Crippen LogP contribution in [0.25, 0.3) is 26.2 Å². The van der Waals surface area contributed by atoms with Crippen molar-refractivity contribution >= 4 is 48.9 Å². The van der Waals surface area contributed by atoms with E-state index in [1.165, 1.54) is 39.2 Å². The quantitative estimate of drug-likeness (QED) is 0.396. The Morgan fingerprint density at radius 2 is 1.97 bits per heavy atom. The molecule has 0 radical (unpaired) electrons. The number of hydrogen-bond donors (Lipinski definition) is 0. The molecule has 1 aliphatic carbocycles. The number of aromatic nitrogens is 6. The van der Waals surface area contributed by atoms with Crippen molar-refractivity contribution in [3.8, 4) is 0 Å². The minimum absolute atomic E-state index is 0.0254. The standard InChI is InChI=1S/C20H18N6O2S2/c1-24-19(28)16-12(7-8-29-16)26-14(22-23-20(24)26)9-25-10-21-17-15(18(25)27)11-5-3-2-4-6-13(11)30-17/h7-8,10H,2-6,9H2,1H3. The van der Waals surface area contributed by atoms with Gasteiger partial charge in [0.15, 0.2) is 5.82 Å². The van der Waals surface area contributed by atoms with Crippen LogP contribution in [0.3, 0.4) is 0 Å². The van der Waals surface area contributed by atoms with E-state index < -0.39 is 0 Å². The molecule has 6 rings (SSSR count). The second-order valence-corrected chi connectivity index (χ2v) is 9.67. The Morgan fingerprint density at radius 1 is 1.10 bits per heavy atom. The van der Waals surface area contributed by atoms with Gasteiger partial charge in [-0.05, 0) is 42.7 Å². The van der Waals surface area contributed by atoms with Gasteiger partial charge in [0.2, 0.25) is 5.78 Å². The Hall–Kier alpha value is -2.85. The lowest BCUT2D eigenvalue weighted by atomic mass is 10.1. The average Bonchev–Trinajstić information content (AvgIpc) is 3.42. The van der Waals surface area contributed by atoms with E-state index in [1.807, 2.05) is 15.8 Å². The SMILES string of the molecule is Cn1c(=O)c2sccc2n2c(Cn3cnc4sc5c(c4c3=O)CCCCC5)nnc12. The second kappa shape index (κ2) is 6.58. The number of hydrogen-bond acceptors (Lipinski definition) is 7. The highest BCUT2D eigenvalue weighted by molar-refractivity contribution is 7.18. The number of aryl methyl sites for hydroxylation is 3. The molecule has 5 heterocycles. The molecule has 0 aliphatic heterocycles. The maximum Gasteiger partial charge on any atom is 0.272 e. The fourth-order valence-corrected chi connectivity index (χ4v) is 6.45. The molecule has 152 valence electrons. The molecular weight excluding hydrogens is 420 g/mol. The molecule has 8 nitrogen and oxygen atoms in total. The fourth-order valence-electron chi connectivity index (χ4n) is 4.38. The van der Waals surface area contributed by atoms with Gasteiger partial charge in [0.05, 0.1) is 23.8 Å². The van der Waals surface area contributed by atoms with Gasteiger partial charge >= 0.3 is 0 Å². The third-order valence-electron chi connectivity index (χ3n) is 5.90. The Balaban J connectivity index is 1.54. The average molecular weight is 439 g/mol. The maximum absolute atomic E-state index is 13.4. The summed E-state index contributed by atoms with van der Waals surface area (Å²) in [4.78, 5) is 32.7. The van der Waals surface area contributed by atoms with E-state index in [0.29, 0.717) is 16.3 Å². The molecule has 0 saturated heterocycles. The Kier molecular flexibility index (Phi) is 3.94. The van der Waals surface area contributed by atoms with Crippen molar-refractivity contribution in [2.45, 2.75) is 38.6 Å². The summed E-state index contributed by atoms with van der Waals surface area (Å²) in [5, 5.41) is 11.2. The summed E-state index contributed by atoms with van der Waals surface area (Å²) in [6.07, 6.45) is 7.09. The van der Waals surface area contributed by atoms with Gasteiger partial charge in [-0.1, -0.05) is 6.42 Å². The topological polar surface area (TPSA) is 87.1 Å². The van der Waals surface area contributed by atoms with Crippen molar-refractivity contribution in [2.24, 2.45) is 7.05 Å². The van der Waals surface area contributed by atoms with Crippen molar-refractivity contribution in [3.05, 3.63) is 54.7 Å². The first-order chi connectivity index (χ1) is 14.6. The van der Waals surface area contributed by atoms with Gasteiger partial charge in [0.25, 0.3) is 11.1 Å². The molecule has 0 bridgehead atoms. The largest absolute Gasteiger partial charge is 0.291 e. The van der Waals surface area contributed by atoms with E-state index in [-0.39, 0.29) is 17.7 Å². The number of rotatable bonds is 2. The van der Waals surface area contributed by atoms with Crippen LogP contribution in [0.4, 0.5) is 0 Å². The molecule has 10 heteroatoms. The zero-order valence-corrected chi connectivity index (χ0v) is 17.9. The molecular formula is C20H18N6O2S2. The van der Waals surface area contributed by atoms with Gasteiger partial charge in [-0.25, -0.2) is 4.98 Å². The van der Waals surface area contributed by atoms with Crippen LogP contribution in [-0.4, -0.2) is 28.7 Å². The Bertz CT molecular complexity index is 1570. The van der Waals surface area contributed by atoms with Gasteiger partial charge < -0.3 is 0 Å². The fraction of sp³-hybridized carbons (Fsp3) is 0.350. The first-order valence-electron chi connectivity index (χ1n) is 9.93. The summed E-state index contributed by atoms with van der Waals surface area (Å²) < 4.78 is 5.62. The van der Waals surface area contributed by atoms with Crippen LogP contribution < -0.4 is 11.1 Å². The highest BCUT2D eigenvalue weighted by Crippen LogP contribution is 2.32. The van der Waals surface area contributed by atoms with Crippen molar-refractivity contribution in [1.82, 2.24) is 28.7 Å². The molecule has 1 aliphatic rings. The predicted molar refractivity (Wildman–Crippen MR) is 118 cm³/mol. The van der Waals surface area contributed by atoms with Crippen LogP contribution in [-0.2, 0) is 26.4 Å². The lowest BCUT2D eigenvalue weighted by Gasteiger charge is -2.07. The molecule has 0 saturated carbocycles. The van der Waals surface area contributed by atoms with Crippen LogP contribution in [0.5, 0.6) is 0 Å². The second-order valence-electron chi connectivity index (χ2n) is 7.67. The molecule has 0 N–H and O–H groups in total. The van der Waals surface area contributed by atoms with E-state index in [2.05, 4.69) is 15.2 Å². The number of nitrogens with zero attached hydrogens (tertiary/aromatic N) is 6. The van der Waals surface area contributed by atoms with Crippen LogP contribution in [0.15, 0.2) is 27.4 Å². The monoisotopic (exact) mass is 438 g/mol. The van der Waals surface area contributed by atoms with E-state index in [4.69, 9.17) is 0 Å². The zero-order valence-electron chi connectivity index (χ0n) is 16.3. The summed E-state index contributed by atoms with van der Waals surface area (Å²) in [6, 6.07) is 1.89. The molecule has 0 aromatic carbocycles. The lowest BCUT2D eigenvalue weighted by molar-refractivity contribution is 0.698. The maximum atomic E-state index is 13.4. The normalized spacial score (nSPS) is 14.6. The van der Waals surface area contributed by atoms with Crippen molar-refractivity contribution in [1.29, 1.82) is 0 Å². The Morgan fingerprint density at radius 3 is 2.87 bits per heavy atom. The third-order valence-corrected chi connectivity index (χ3v) is 7.99. The van der Waals surface area contributed by atoms with Crippen LogP contribution >= 0.6 is 22.7 Å². The van der Waals surface area contributed by atoms with E-state index in [9.17, 15) is 9.59 Å². The van der Waals surface area contributed by atoms with Crippen LogP contribution in [0.1, 0.15) is 35.5 Å². The molecule has 0 atom stereocenters. The number of thiophene rings is 2. The molecule has 0 fully saturated rings. The van der Waals surface area contributed by atoms with Gasteiger partial charge in [0.1, 0.15) is 9.53 Å². The van der Waals surface area contributed by atoms with Crippen molar-refractivity contribution < 1.29 is 0 Å². The summed E-state index contributed by atoms with van der Waals surface area (Å²) in [6.45, 7) is 0.247. The highest BCUT2D eigenvalue weighted by Gasteiger charge is 2.21. The van der Waals surface area contributed by atoms with Crippen molar-refractivity contribution in [3.63, 3.8) is 0 Å². The van der Waals surface area contributed by atoms with Gasteiger partial charge in [-0.15, -0.1) is 32.9 Å².